The normalized spacial score (nSPS) is 12.6. The Bertz CT molecular complexity index is 495. The quantitative estimate of drug-likeness (QED) is 0.837. The molecular formula is C16H21NO. The molecule has 18 heavy (non-hydrogen) atoms. The fourth-order valence-corrected chi connectivity index (χ4v) is 1.93. The van der Waals surface area contributed by atoms with Gasteiger partial charge in [0.2, 0.25) is 0 Å². The van der Waals surface area contributed by atoms with Crippen LogP contribution in [0, 0.1) is 0 Å². The number of hydrogen-bond donors (Lipinski definition) is 1. The van der Waals surface area contributed by atoms with E-state index in [0.29, 0.717) is 12.6 Å². The SMILES string of the molecule is CCCNC(C)COc1ccc2ccccc2c1. The molecule has 2 aromatic carbocycles. The molecule has 0 radical (unpaired) electrons. The van der Waals surface area contributed by atoms with Crippen LogP contribution in [0.3, 0.4) is 0 Å². The number of nitrogens with one attached hydrogen (secondary N) is 1. The summed E-state index contributed by atoms with van der Waals surface area (Å²) in [6, 6.07) is 15.0. The molecule has 1 N–H and O–H groups in total. The third-order valence-electron chi connectivity index (χ3n) is 2.96. The van der Waals surface area contributed by atoms with Gasteiger partial charge in [-0.3, -0.25) is 0 Å². The van der Waals surface area contributed by atoms with Crippen molar-refractivity contribution < 1.29 is 4.74 Å². The second-order valence-electron chi connectivity index (χ2n) is 4.68. The lowest BCUT2D eigenvalue weighted by Gasteiger charge is -2.14. The van der Waals surface area contributed by atoms with Crippen LogP contribution in [0.15, 0.2) is 42.5 Å². The largest absolute Gasteiger partial charge is 0.492 e. The predicted molar refractivity (Wildman–Crippen MR) is 77.2 cm³/mol. The average molecular weight is 243 g/mol. The Labute approximate surface area is 109 Å². The van der Waals surface area contributed by atoms with Crippen molar-refractivity contribution in [2.45, 2.75) is 26.3 Å². The van der Waals surface area contributed by atoms with Crippen LogP contribution in [-0.4, -0.2) is 19.2 Å². The highest BCUT2D eigenvalue weighted by molar-refractivity contribution is 5.83. The summed E-state index contributed by atoms with van der Waals surface area (Å²) < 4.78 is 5.81. The van der Waals surface area contributed by atoms with Crippen LogP contribution in [-0.2, 0) is 0 Å². The van der Waals surface area contributed by atoms with Gasteiger partial charge in [0.15, 0.2) is 0 Å². The van der Waals surface area contributed by atoms with Gasteiger partial charge < -0.3 is 10.1 Å². The molecule has 0 fully saturated rings. The van der Waals surface area contributed by atoms with Gasteiger partial charge in [-0.1, -0.05) is 37.3 Å². The molecular weight excluding hydrogens is 222 g/mol. The Morgan fingerprint density at radius 3 is 2.67 bits per heavy atom. The minimum Gasteiger partial charge on any atom is -0.492 e. The van der Waals surface area contributed by atoms with E-state index >= 15 is 0 Å². The molecule has 0 bridgehead atoms. The number of rotatable bonds is 6. The fourth-order valence-electron chi connectivity index (χ4n) is 1.93. The zero-order chi connectivity index (χ0) is 12.8. The van der Waals surface area contributed by atoms with Gasteiger partial charge in [-0.05, 0) is 42.8 Å². The molecule has 0 aromatic heterocycles. The summed E-state index contributed by atoms with van der Waals surface area (Å²) in [5.41, 5.74) is 0. The van der Waals surface area contributed by atoms with E-state index in [1.54, 1.807) is 0 Å². The molecule has 96 valence electrons. The zero-order valence-corrected chi connectivity index (χ0v) is 11.1. The van der Waals surface area contributed by atoms with E-state index in [2.05, 4.69) is 55.6 Å². The Hall–Kier alpha value is -1.54. The first kappa shape index (κ1) is 12.9. The molecule has 1 atom stereocenters. The molecule has 0 aliphatic carbocycles. The van der Waals surface area contributed by atoms with Crippen molar-refractivity contribution in [2.75, 3.05) is 13.2 Å². The topological polar surface area (TPSA) is 21.3 Å². The summed E-state index contributed by atoms with van der Waals surface area (Å²) in [4.78, 5) is 0. The number of fused-ring (bicyclic) bond motifs is 1. The van der Waals surface area contributed by atoms with Crippen molar-refractivity contribution in [3.05, 3.63) is 42.5 Å². The van der Waals surface area contributed by atoms with Crippen LogP contribution in [0.25, 0.3) is 10.8 Å². The molecule has 2 rings (SSSR count). The van der Waals surface area contributed by atoms with Crippen molar-refractivity contribution >= 4 is 10.8 Å². The Morgan fingerprint density at radius 1 is 1.11 bits per heavy atom. The Morgan fingerprint density at radius 2 is 1.89 bits per heavy atom. The van der Waals surface area contributed by atoms with Crippen LogP contribution >= 0.6 is 0 Å². The molecule has 0 spiro atoms. The monoisotopic (exact) mass is 243 g/mol. The number of benzene rings is 2. The molecule has 0 amide bonds. The molecule has 1 unspecified atom stereocenters. The van der Waals surface area contributed by atoms with Gasteiger partial charge in [-0.2, -0.15) is 0 Å². The van der Waals surface area contributed by atoms with E-state index in [1.165, 1.54) is 10.8 Å². The number of hydrogen-bond acceptors (Lipinski definition) is 2. The molecule has 0 heterocycles. The minimum atomic E-state index is 0.386. The first-order valence-electron chi connectivity index (χ1n) is 6.64. The number of ether oxygens (including phenoxy) is 1. The highest BCUT2D eigenvalue weighted by Crippen LogP contribution is 2.20. The van der Waals surface area contributed by atoms with Gasteiger partial charge in [0, 0.05) is 6.04 Å². The molecule has 2 aromatic rings. The summed E-state index contributed by atoms with van der Waals surface area (Å²) >= 11 is 0. The molecule has 0 saturated heterocycles. The van der Waals surface area contributed by atoms with E-state index in [9.17, 15) is 0 Å². The van der Waals surface area contributed by atoms with Crippen molar-refractivity contribution in [2.24, 2.45) is 0 Å². The third-order valence-corrected chi connectivity index (χ3v) is 2.96. The second kappa shape index (κ2) is 6.41. The summed E-state index contributed by atoms with van der Waals surface area (Å²) in [7, 11) is 0. The lowest BCUT2D eigenvalue weighted by molar-refractivity contribution is 0.274. The maximum absolute atomic E-state index is 5.81. The van der Waals surface area contributed by atoms with Gasteiger partial charge >= 0.3 is 0 Å². The smallest absolute Gasteiger partial charge is 0.120 e. The Kier molecular flexibility index (Phi) is 4.59. The summed E-state index contributed by atoms with van der Waals surface area (Å²) in [5, 5.41) is 5.89. The van der Waals surface area contributed by atoms with Gasteiger partial charge in [0.1, 0.15) is 12.4 Å². The maximum atomic E-state index is 5.81. The maximum Gasteiger partial charge on any atom is 0.120 e. The van der Waals surface area contributed by atoms with E-state index in [4.69, 9.17) is 4.74 Å². The van der Waals surface area contributed by atoms with E-state index in [-0.39, 0.29) is 0 Å². The summed E-state index contributed by atoms with van der Waals surface area (Å²) in [5.74, 6) is 0.943. The average Bonchev–Trinajstić information content (AvgIpc) is 2.42. The van der Waals surface area contributed by atoms with E-state index in [1.807, 2.05) is 6.07 Å². The lowest BCUT2D eigenvalue weighted by atomic mass is 10.1. The van der Waals surface area contributed by atoms with E-state index < -0.39 is 0 Å². The van der Waals surface area contributed by atoms with Crippen LogP contribution < -0.4 is 10.1 Å². The minimum absolute atomic E-state index is 0.386. The third kappa shape index (κ3) is 3.47. The van der Waals surface area contributed by atoms with Gasteiger partial charge in [0.25, 0.3) is 0 Å². The highest BCUT2D eigenvalue weighted by atomic mass is 16.5. The van der Waals surface area contributed by atoms with Crippen molar-refractivity contribution in [1.29, 1.82) is 0 Å². The lowest BCUT2D eigenvalue weighted by Crippen LogP contribution is -2.32. The second-order valence-corrected chi connectivity index (χ2v) is 4.68. The summed E-state index contributed by atoms with van der Waals surface area (Å²) in [6.45, 7) is 6.07. The predicted octanol–water partition coefficient (Wildman–Crippen LogP) is 3.61. The first-order chi connectivity index (χ1) is 8.79. The summed E-state index contributed by atoms with van der Waals surface area (Å²) in [6.07, 6.45) is 1.15. The zero-order valence-electron chi connectivity index (χ0n) is 11.1. The highest BCUT2D eigenvalue weighted by Gasteiger charge is 2.02. The van der Waals surface area contributed by atoms with Crippen molar-refractivity contribution in [3.8, 4) is 5.75 Å². The van der Waals surface area contributed by atoms with Crippen molar-refractivity contribution in [3.63, 3.8) is 0 Å². The molecule has 0 saturated carbocycles. The van der Waals surface area contributed by atoms with E-state index in [0.717, 1.165) is 18.7 Å². The Balaban J connectivity index is 1.95. The van der Waals surface area contributed by atoms with Crippen LogP contribution in [0.2, 0.25) is 0 Å². The van der Waals surface area contributed by atoms with Crippen LogP contribution in [0.1, 0.15) is 20.3 Å². The molecule has 2 nitrogen and oxygen atoms in total. The molecule has 0 aliphatic rings. The van der Waals surface area contributed by atoms with Gasteiger partial charge in [-0.15, -0.1) is 0 Å². The molecule has 0 aliphatic heterocycles. The van der Waals surface area contributed by atoms with Gasteiger partial charge in [-0.25, -0.2) is 0 Å². The first-order valence-corrected chi connectivity index (χ1v) is 6.64. The standard InChI is InChI=1S/C16H21NO/c1-3-10-17-13(2)12-18-16-9-8-14-6-4-5-7-15(14)11-16/h4-9,11,13,17H,3,10,12H2,1-2H3. The van der Waals surface area contributed by atoms with Crippen LogP contribution in [0.5, 0.6) is 5.75 Å². The van der Waals surface area contributed by atoms with Crippen molar-refractivity contribution in [1.82, 2.24) is 5.32 Å². The van der Waals surface area contributed by atoms with Crippen LogP contribution in [0.4, 0.5) is 0 Å². The molecule has 2 heteroatoms. The van der Waals surface area contributed by atoms with Gasteiger partial charge in [0.05, 0.1) is 0 Å². The fraction of sp³-hybridized carbons (Fsp3) is 0.375.